The Bertz CT molecular complexity index is 979. The average molecular weight is 552 g/mol. The summed E-state index contributed by atoms with van der Waals surface area (Å²) in [6, 6.07) is 18.6. The maximum Gasteiger partial charge on any atom is 0.321 e. The highest BCUT2D eigenvalue weighted by molar-refractivity contribution is 5.88. The van der Waals surface area contributed by atoms with Gasteiger partial charge in [0, 0.05) is 44.9 Å². The Balaban J connectivity index is 0.00000190. The number of hydrogen-bond acceptors (Lipinski definition) is 6. The van der Waals surface area contributed by atoms with Crippen LogP contribution in [0.1, 0.15) is 55.9 Å². The third-order valence-corrected chi connectivity index (χ3v) is 8.23. The second kappa shape index (κ2) is 13.3. The summed E-state index contributed by atoms with van der Waals surface area (Å²) in [7, 11) is 3.31. The molecule has 0 bridgehead atoms. The highest BCUT2D eigenvalue weighted by atomic mass is 35.5. The lowest BCUT2D eigenvalue weighted by Crippen LogP contribution is -2.52. The van der Waals surface area contributed by atoms with Crippen molar-refractivity contribution in [3.63, 3.8) is 0 Å². The van der Waals surface area contributed by atoms with Crippen LogP contribution in [0.15, 0.2) is 54.6 Å². The molecule has 0 spiro atoms. The second-order valence-electron chi connectivity index (χ2n) is 10.2. The van der Waals surface area contributed by atoms with Crippen LogP contribution in [0, 0.1) is 0 Å². The normalized spacial score (nSPS) is 25.3. The van der Waals surface area contributed by atoms with Gasteiger partial charge in [-0.05, 0) is 37.0 Å². The molecule has 8 heteroatoms. The molecule has 2 aliphatic carbocycles. The van der Waals surface area contributed by atoms with Gasteiger partial charge in [0.2, 0.25) is 0 Å². The fourth-order valence-electron chi connectivity index (χ4n) is 6.00. The number of benzene rings is 2. The number of halogens is 2. The molecule has 0 aromatic heterocycles. The van der Waals surface area contributed by atoms with Crippen molar-refractivity contribution in [3.05, 3.63) is 65.7 Å². The third kappa shape index (κ3) is 6.26. The van der Waals surface area contributed by atoms with Gasteiger partial charge in [-0.1, -0.05) is 61.7 Å². The first kappa shape index (κ1) is 29.7. The van der Waals surface area contributed by atoms with Crippen LogP contribution in [-0.4, -0.2) is 68.3 Å². The Kier molecular flexibility index (Phi) is 10.7. The number of esters is 1. The number of carbonyl (C=O) groups is 1. The van der Waals surface area contributed by atoms with Gasteiger partial charge in [-0.2, -0.15) is 0 Å². The van der Waals surface area contributed by atoms with Crippen molar-refractivity contribution in [2.24, 2.45) is 0 Å². The largest absolute Gasteiger partial charge is 0.497 e. The van der Waals surface area contributed by atoms with E-state index in [1.165, 1.54) is 32.1 Å². The molecule has 0 amide bonds. The van der Waals surface area contributed by atoms with E-state index in [1.54, 1.807) is 14.2 Å². The average Bonchev–Trinajstić information content (AvgIpc) is 3.69. The van der Waals surface area contributed by atoms with E-state index < -0.39 is 11.6 Å². The Morgan fingerprint density at radius 3 is 2.11 bits per heavy atom. The van der Waals surface area contributed by atoms with Crippen molar-refractivity contribution in [2.75, 3.05) is 40.4 Å². The van der Waals surface area contributed by atoms with E-state index in [0.29, 0.717) is 6.42 Å². The number of rotatable bonds is 8. The number of methoxy groups -OCH3 is 2. The Morgan fingerprint density at radius 1 is 0.892 bits per heavy atom. The van der Waals surface area contributed by atoms with Crippen LogP contribution in [0.2, 0.25) is 0 Å². The zero-order valence-corrected chi connectivity index (χ0v) is 23.5. The molecule has 3 atom stereocenters. The Labute approximate surface area is 233 Å². The van der Waals surface area contributed by atoms with E-state index in [4.69, 9.17) is 14.2 Å². The fourth-order valence-corrected chi connectivity index (χ4v) is 6.00. The minimum absolute atomic E-state index is 0. The number of ether oxygens (including phenoxy) is 3. The van der Waals surface area contributed by atoms with Gasteiger partial charge >= 0.3 is 5.97 Å². The van der Waals surface area contributed by atoms with Gasteiger partial charge in [-0.3, -0.25) is 14.6 Å². The quantitative estimate of drug-likeness (QED) is 0.411. The monoisotopic (exact) mass is 550 g/mol. The lowest BCUT2D eigenvalue weighted by Gasteiger charge is -2.43. The SMILES string of the molecule is COc1ccc([C@@]2(C(=O)OC(c3ccccc3)N3CCN(C4CCCCC4)CC3)C[C@@H]2OC)cc1.Cl.Cl. The molecule has 37 heavy (non-hydrogen) atoms. The molecule has 204 valence electrons. The predicted molar refractivity (Wildman–Crippen MR) is 150 cm³/mol. The Morgan fingerprint density at radius 2 is 1.54 bits per heavy atom. The maximum absolute atomic E-state index is 13.8. The molecule has 1 heterocycles. The van der Waals surface area contributed by atoms with E-state index in [-0.39, 0.29) is 36.9 Å². The van der Waals surface area contributed by atoms with Crippen LogP contribution in [0.3, 0.4) is 0 Å². The van der Waals surface area contributed by atoms with Crippen molar-refractivity contribution in [1.29, 1.82) is 0 Å². The predicted octanol–water partition coefficient (Wildman–Crippen LogP) is 5.39. The van der Waals surface area contributed by atoms with Gasteiger partial charge in [0.05, 0.1) is 13.2 Å². The lowest BCUT2D eigenvalue weighted by molar-refractivity contribution is -0.167. The first-order valence-electron chi connectivity index (χ1n) is 13.1. The minimum Gasteiger partial charge on any atom is -0.497 e. The van der Waals surface area contributed by atoms with Crippen LogP contribution in [-0.2, 0) is 19.7 Å². The molecular weight excluding hydrogens is 511 g/mol. The number of piperazine rings is 1. The van der Waals surface area contributed by atoms with E-state index in [2.05, 4.69) is 21.9 Å². The number of hydrogen-bond donors (Lipinski definition) is 0. The number of carbonyl (C=O) groups excluding carboxylic acids is 1. The van der Waals surface area contributed by atoms with Crippen LogP contribution in [0.25, 0.3) is 0 Å². The summed E-state index contributed by atoms with van der Waals surface area (Å²) < 4.78 is 17.4. The van der Waals surface area contributed by atoms with Gasteiger partial charge < -0.3 is 14.2 Å². The van der Waals surface area contributed by atoms with Crippen LogP contribution < -0.4 is 4.74 Å². The molecule has 3 aliphatic rings. The van der Waals surface area contributed by atoms with Gasteiger partial charge in [0.25, 0.3) is 0 Å². The molecule has 2 aromatic rings. The second-order valence-corrected chi connectivity index (χ2v) is 10.2. The van der Waals surface area contributed by atoms with Crippen LogP contribution >= 0.6 is 24.8 Å². The van der Waals surface area contributed by atoms with Crippen LogP contribution in [0.4, 0.5) is 0 Å². The molecule has 2 aromatic carbocycles. The topological polar surface area (TPSA) is 51.2 Å². The fraction of sp³-hybridized carbons (Fsp3) is 0.552. The molecule has 1 aliphatic heterocycles. The molecular formula is C29H40Cl2N2O4. The molecule has 0 N–H and O–H groups in total. The first-order chi connectivity index (χ1) is 17.2. The first-order valence-corrected chi connectivity index (χ1v) is 13.1. The van der Waals surface area contributed by atoms with E-state index in [0.717, 1.165) is 49.1 Å². The molecule has 3 fully saturated rings. The summed E-state index contributed by atoms with van der Waals surface area (Å²) >= 11 is 0. The summed E-state index contributed by atoms with van der Waals surface area (Å²) in [5, 5.41) is 0. The van der Waals surface area contributed by atoms with Gasteiger partial charge in [-0.15, -0.1) is 24.8 Å². The van der Waals surface area contributed by atoms with Crippen molar-refractivity contribution in [2.45, 2.75) is 62.3 Å². The maximum atomic E-state index is 13.8. The summed E-state index contributed by atoms with van der Waals surface area (Å²) in [4.78, 5) is 18.8. The van der Waals surface area contributed by atoms with Crippen molar-refractivity contribution >= 4 is 30.8 Å². The molecule has 5 rings (SSSR count). The van der Waals surface area contributed by atoms with Gasteiger partial charge in [0.15, 0.2) is 6.23 Å². The third-order valence-electron chi connectivity index (χ3n) is 8.23. The van der Waals surface area contributed by atoms with Crippen molar-refractivity contribution in [3.8, 4) is 5.75 Å². The van der Waals surface area contributed by atoms with Gasteiger partial charge in [0.1, 0.15) is 11.2 Å². The van der Waals surface area contributed by atoms with Crippen LogP contribution in [0.5, 0.6) is 5.75 Å². The molecule has 0 radical (unpaired) electrons. The van der Waals surface area contributed by atoms with E-state index in [1.807, 2.05) is 42.5 Å². The molecule has 2 saturated carbocycles. The summed E-state index contributed by atoms with van der Waals surface area (Å²) in [5.41, 5.74) is 1.17. The van der Waals surface area contributed by atoms with Crippen molar-refractivity contribution < 1.29 is 19.0 Å². The standard InChI is InChI=1S/C29H38N2O4.2ClH/c1-33-25-15-13-23(14-16-25)29(21-26(29)34-2)28(32)35-27(22-9-5-3-6-10-22)31-19-17-30(18-20-31)24-11-7-4-8-12-24;;/h3,5-6,9-10,13-16,24,26-27H,4,7-8,11-12,17-21H2,1-2H3;2*1H/t26-,27?,29-;;/m0../s1. The summed E-state index contributed by atoms with van der Waals surface area (Å²) in [6.45, 7) is 3.84. The smallest absolute Gasteiger partial charge is 0.321 e. The van der Waals surface area contributed by atoms with Crippen molar-refractivity contribution in [1.82, 2.24) is 9.80 Å². The Hall–Kier alpha value is -1.83. The molecule has 1 unspecified atom stereocenters. The molecule has 1 saturated heterocycles. The summed E-state index contributed by atoms with van der Waals surface area (Å²) in [6.07, 6.45) is 6.77. The lowest BCUT2D eigenvalue weighted by atomic mass is 9.93. The zero-order valence-electron chi connectivity index (χ0n) is 21.8. The van der Waals surface area contributed by atoms with E-state index in [9.17, 15) is 4.79 Å². The van der Waals surface area contributed by atoms with Gasteiger partial charge in [-0.25, -0.2) is 0 Å². The highest BCUT2D eigenvalue weighted by Crippen LogP contribution is 2.52. The zero-order chi connectivity index (χ0) is 24.3. The molecule has 6 nitrogen and oxygen atoms in total. The number of nitrogens with zero attached hydrogens (tertiary/aromatic N) is 2. The van der Waals surface area contributed by atoms with E-state index >= 15 is 0 Å². The summed E-state index contributed by atoms with van der Waals surface area (Å²) in [5.74, 6) is 0.558. The highest BCUT2D eigenvalue weighted by Gasteiger charge is 2.64. The minimum atomic E-state index is -0.766.